The van der Waals surface area contributed by atoms with Gasteiger partial charge in [-0.1, -0.05) is 12.1 Å². The average Bonchev–Trinajstić information content (AvgIpc) is 3.08. The molecule has 0 bridgehead atoms. The van der Waals surface area contributed by atoms with Gasteiger partial charge in [-0.15, -0.1) is 0 Å². The average molecular weight is 348 g/mol. The zero-order valence-electron chi connectivity index (χ0n) is 12.5. The summed E-state index contributed by atoms with van der Waals surface area (Å²) in [6.45, 7) is 1.79. The predicted octanol–water partition coefficient (Wildman–Crippen LogP) is 2.21. The van der Waals surface area contributed by atoms with E-state index in [-0.39, 0.29) is 21.9 Å². The number of nitrogens with one attached hydrogen (secondary N) is 2. The van der Waals surface area contributed by atoms with Crippen LogP contribution in [0.25, 0.3) is 0 Å². The second-order valence-corrected chi connectivity index (χ2v) is 8.14. The topological polar surface area (TPSA) is 58.2 Å². The zero-order valence-corrected chi connectivity index (χ0v) is 13.3. The molecule has 1 aromatic rings. The Hall–Kier alpha value is -1.12. The van der Waals surface area contributed by atoms with E-state index in [1.807, 2.05) is 0 Å². The van der Waals surface area contributed by atoms with Gasteiger partial charge in [-0.25, -0.2) is 13.1 Å². The normalized spacial score (nSPS) is 23.9. The summed E-state index contributed by atoms with van der Waals surface area (Å²) in [6, 6.07) is 4.84. The smallest absolute Gasteiger partial charge is 0.317 e. The van der Waals surface area contributed by atoms with E-state index < -0.39 is 22.6 Å². The highest BCUT2D eigenvalue weighted by Crippen LogP contribution is 2.53. The first-order chi connectivity index (χ1) is 10.7. The Labute approximate surface area is 133 Å². The highest BCUT2D eigenvalue weighted by Gasteiger charge is 2.55. The van der Waals surface area contributed by atoms with Gasteiger partial charge in [0.1, 0.15) is 0 Å². The molecule has 0 amide bonds. The van der Waals surface area contributed by atoms with E-state index in [0.29, 0.717) is 0 Å². The number of benzene rings is 1. The first kappa shape index (κ1) is 16.7. The van der Waals surface area contributed by atoms with Gasteiger partial charge in [0.05, 0.1) is 11.3 Å². The fourth-order valence-corrected chi connectivity index (χ4v) is 4.60. The van der Waals surface area contributed by atoms with Gasteiger partial charge in [0.2, 0.25) is 10.0 Å². The van der Waals surface area contributed by atoms with Crippen LogP contribution in [0.1, 0.15) is 24.8 Å². The maximum Gasteiger partial charge on any atom is 0.393 e. The van der Waals surface area contributed by atoms with Crippen molar-refractivity contribution in [1.82, 2.24) is 10.0 Å². The molecule has 0 aromatic heterocycles. The van der Waals surface area contributed by atoms with Crippen LogP contribution in [-0.2, 0) is 16.4 Å². The maximum absolute atomic E-state index is 12.4. The molecule has 1 aliphatic carbocycles. The Morgan fingerprint density at radius 1 is 1.17 bits per heavy atom. The quantitative estimate of drug-likeness (QED) is 0.877. The molecule has 4 nitrogen and oxygen atoms in total. The van der Waals surface area contributed by atoms with E-state index in [4.69, 9.17) is 0 Å². The molecule has 2 aliphatic rings. The molecule has 1 heterocycles. The molecule has 1 saturated carbocycles. The molecule has 2 N–H and O–H groups in total. The van der Waals surface area contributed by atoms with Crippen LogP contribution in [0.5, 0.6) is 0 Å². The second-order valence-electron chi connectivity index (χ2n) is 6.43. The molecule has 3 rings (SSSR count). The van der Waals surface area contributed by atoms with E-state index in [2.05, 4.69) is 10.0 Å². The summed E-state index contributed by atoms with van der Waals surface area (Å²) >= 11 is 0. The molecular formula is C15H19F3N2O2S. The van der Waals surface area contributed by atoms with Gasteiger partial charge in [-0.05, 0) is 55.5 Å². The summed E-state index contributed by atoms with van der Waals surface area (Å²) in [6.07, 6.45) is -2.62. The third kappa shape index (κ3) is 3.87. The molecule has 2 fully saturated rings. The van der Waals surface area contributed by atoms with Crippen molar-refractivity contribution in [3.63, 3.8) is 0 Å². The molecule has 1 spiro atoms. The van der Waals surface area contributed by atoms with Gasteiger partial charge in [-0.3, -0.25) is 0 Å². The Bertz CT molecular complexity index is 665. The Morgan fingerprint density at radius 2 is 1.78 bits per heavy atom. The van der Waals surface area contributed by atoms with E-state index in [9.17, 15) is 21.6 Å². The first-order valence-corrected chi connectivity index (χ1v) is 9.07. The molecule has 8 heteroatoms. The zero-order chi connectivity index (χ0) is 16.7. The molecule has 0 unspecified atom stereocenters. The third-order valence-corrected chi connectivity index (χ3v) is 6.21. The van der Waals surface area contributed by atoms with Gasteiger partial charge in [0.15, 0.2) is 0 Å². The van der Waals surface area contributed by atoms with Gasteiger partial charge in [0.25, 0.3) is 0 Å². The molecule has 23 heavy (non-hydrogen) atoms. The monoisotopic (exact) mass is 348 g/mol. The molecule has 1 aliphatic heterocycles. The van der Waals surface area contributed by atoms with E-state index in [1.165, 1.54) is 24.3 Å². The van der Waals surface area contributed by atoms with Crippen molar-refractivity contribution in [2.75, 3.05) is 13.1 Å². The number of halogens is 3. The summed E-state index contributed by atoms with van der Waals surface area (Å²) in [5.41, 5.74) is 0.117. The Morgan fingerprint density at radius 3 is 2.35 bits per heavy atom. The summed E-state index contributed by atoms with van der Waals surface area (Å²) in [5.74, 6) is 0. The third-order valence-electron chi connectivity index (χ3n) is 4.72. The number of hydrogen-bond acceptors (Lipinski definition) is 3. The van der Waals surface area contributed by atoms with Crippen molar-refractivity contribution in [3.8, 4) is 0 Å². The summed E-state index contributed by atoms with van der Waals surface area (Å²) in [7, 11) is -3.68. The number of piperidine rings is 1. The lowest BCUT2D eigenvalue weighted by atomic mass is 9.94. The highest BCUT2D eigenvalue weighted by molar-refractivity contribution is 7.89. The number of sulfonamides is 1. The number of rotatable bonds is 4. The Balaban J connectivity index is 1.66. The maximum atomic E-state index is 12.4. The van der Waals surface area contributed by atoms with Crippen molar-refractivity contribution in [1.29, 1.82) is 0 Å². The van der Waals surface area contributed by atoms with Gasteiger partial charge < -0.3 is 5.32 Å². The minimum Gasteiger partial charge on any atom is -0.317 e. The second kappa shape index (κ2) is 5.75. The Kier molecular flexibility index (Phi) is 4.18. The van der Waals surface area contributed by atoms with Crippen molar-refractivity contribution in [2.45, 2.75) is 42.8 Å². The summed E-state index contributed by atoms with van der Waals surface area (Å²) in [5, 5.41) is 3.25. The molecule has 0 radical (unpaired) electrons. The largest absolute Gasteiger partial charge is 0.393 e. The lowest BCUT2D eigenvalue weighted by Crippen LogP contribution is -2.36. The fraction of sp³-hybridized carbons (Fsp3) is 0.600. The van der Waals surface area contributed by atoms with Crippen LogP contribution < -0.4 is 10.0 Å². The van der Waals surface area contributed by atoms with Crippen molar-refractivity contribution >= 4 is 10.0 Å². The van der Waals surface area contributed by atoms with E-state index in [1.54, 1.807) is 0 Å². The van der Waals surface area contributed by atoms with Gasteiger partial charge in [0, 0.05) is 6.04 Å². The van der Waals surface area contributed by atoms with Crippen molar-refractivity contribution < 1.29 is 21.6 Å². The van der Waals surface area contributed by atoms with Crippen LogP contribution in [0.2, 0.25) is 0 Å². The molecule has 128 valence electrons. The first-order valence-electron chi connectivity index (χ1n) is 7.59. The van der Waals surface area contributed by atoms with Gasteiger partial charge in [-0.2, -0.15) is 13.2 Å². The lowest BCUT2D eigenvalue weighted by Gasteiger charge is -2.23. The van der Waals surface area contributed by atoms with E-state index >= 15 is 0 Å². The fourth-order valence-electron chi connectivity index (χ4n) is 3.26. The van der Waals surface area contributed by atoms with Crippen LogP contribution in [0.3, 0.4) is 0 Å². The summed E-state index contributed by atoms with van der Waals surface area (Å²) in [4.78, 5) is 0.0133. The molecule has 1 atom stereocenters. The molecular weight excluding hydrogens is 329 g/mol. The standard InChI is InChI=1S/C15H19F3N2O2S/c16-15(17,18)9-11-1-3-12(4-2-11)23(21,22)20-13-10-14(13)5-7-19-8-6-14/h1-4,13,19-20H,5-10H2/t13-/m0/s1. The summed E-state index contributed by atoms with van der Waals surface area (Å²) < 4.78 is 64.4. The van der Waals surface area contributed by atoms with Crippen LogP contribution >= 0.6 is 0 Å². The lowest BCUT2D eigenvalue weighted by molar-refractivity contribution is -0.127. The van der Waals surface area contributed by atoms with E-state index in [0.717, 1.165) is 32.4 Å². The predicted molar refractivity (Wildman–Crippen MR) is 79.5 cm³/mol. The van der Waals surface area contributed by atoms with Crippen molar-refractivity contribution in [2.24, 2.45) is 5.41 Å². The highest BCUT2D eigenvalue weighted by atomic mass is 32.2. The van der Waals surface area contributed by atoms with Crippen molar-refractivity contribution in [3.05, 3.63) is 29.8 Å². The van der Waals surface area contributed by atoms with Crippen LogP contribution in [0.15, 0.2) is 29.2 Å². The van der Waals surface area contributed by atoms with Crippen LogP contribution in [-0.4, -0.2) is 33.7 Å². The molecule has 1 aromatic carbocycles. The molecule has 1 saturated heterocycles. The van der Waals surface area contributed by atoms with Crippen LogP contribution in [0.4, 0.5) is 13.2 Å². The minimum atomic E-state index is -4.30. The SMILES string of the molecule is O=S(=O)(N[C@H]1CC12CCNCC2)c1ccc(CC(F)(F)F)cc1. The number of hydrogen-bond donors (Lipinski definition) is 2. The minimum absolute atomic E-state index is 0.0133. The van der Waals surface area contributed by atoms with Crippen LogP contribution in [0, 0.1) is 5.41 Å². The van der Waals surface area contributed by atoms with Gasteiger partial charge >= 0.3 is 6.18 Å². The number of alkyl halides is 3.